The van der Waals surface area contributed by atoms with Crippen molar-refractivity contribution in [2.24, 2.45) is 0 Å². The fraction of sp³-hybridized carbons (Fsp3) is 0.250. The van der Waals surface area contributed by atoms with Gasteiger partial charge in [0.15, 0.2) is 0 Å². The third kappa shape index (κ3) is 3.90. The van der Waals surface area contributed by atoms with Gasteiger partial charge in [0, 0.05) is 17.8 Å². The molecule has 0 saturated carbocycles. The molecule has 0 spiro atoms. The lowest BCUT2D eigenvalue weighted by molar-refractivity contribution is -0.137. The van der Waals surface area contributed by atoms with E-state index < -0.39 is 11.7 Å². The predicted molar refractivity (Wildman–Crippen MR) is 76.5 cm³/mol. The van der Waals surface area contributed by atoms with Gasteiger partial charge in [-0.15, -0.1) is 0 Å². The van der Waals surface area contributed by atoms with Crippen molar-refractivity contribution in [1.29, 1.82) is 0 Å². The van der Waals surface area contributed by atoms with Crippen molar-refractivity contribution in [3.8, 4) is 5.75 Å². The molecule has 0 atom stereocenters. The van der Waals surface area contributed by atoms with Crippen molar-refractivity contribution in [3.63, 3.8) is 0 Å². The standard InChI is InChI=1S/C16H16F3NO/c1-11-3-8-15(21-2)12(9-11)10-20-14-6-4-13(5-7-14)16(17,18)19/h3-9,20H,10H2,1-2H3. The third-order valence-electron chi connectivity index (χ3n) is 3.13. The summed E-state index contributed by atoms with van der Waals surface area (Å²) >= 11 is 0. The van der Waals surface area contributed by atoms with Crippen LogP contribution in [-0.4, -0.2) is 7.11 Å². The highest BCUT2D eigenvalue weighted by atomic mass is 19.4. The summed E-state index contributed by atoms with van der Waals surface area (Å²) in [6, 6.07) is 10.8. The number of hydrogen-bond donors (Lipinski definition) is 1. The first kappa shape index (κ1) is 15.2. The Morgan fingerprint density at radius 1 is 1.05 bits per heavy atom. The van der Waals surface area contributed by atoms with Crippen LogP contribution in [0.15, 0.2) is 42.5 Å². The second-order valence-corrected chi connectivity index (χ2v) is 4.74. The fourth-order valence-corrected chi connectivity index (χ4v) is 2.02. The molecule has 1 N–H and O–H groups in total. The molecule has 112 valence electrons. The van der Waals surface area contributed by atoms with E-state index in [0.717, 1.165) is 29.0 Å². The van der Waals surface area contributed by atoms with E-state index in [2.05, 4.69) is 5.32 Å². The Morgan fingerprint density at radius 2 is 1.71 bits per heavy atom. The second kappa shape index (κ2) is 6.08. The molecule has 0 radical (unpaired) electrons. The van der Waals surface area contributed by atoms with Gasteiger partial charge in [0.1, 0.15) is 5.75 Å². The Bertz CT molecular complexity index is 606. The maximum Gasteiger partial charge on any atom is 0.416 e. The molecule has 0 aliphatic rings. The maximum atomic E-state index is 12.5. The van der Waals surface area contributed by atoms with Crippen LogP contribution in [0, 0.1) is 6.92 Å². The molecule has 0 aliphatic carbocycles. The molecule has 0 fully saturated rings. The zero-order chi connectivity index (χ0) is 15.5. The number of anilines is 1. The number of alkyl halides is 3. The molecule has 21 heavy (non-hydrogen) atoms. The van der Waals surface area contributed by atoms with Crippen LogP contribution in [0.1, 0.15) is 16.7 Å². The average Bonchev–Trinajstić information content (AvgIpc) is 2.45. The largest absolute Gasteiger partial charge is 0.496 e. The smallest absolute Gasteiger partial charge is 0.416 e. The fourth-order valence-electron chi connectivity index (χ4n) is 2.02. The van der Waals surface area contributed by atoms with Gasteiger partial charge >= 0.3 is 6.18 Å². The van der Waals surface area contributed by atoms with Crippen LogP contribution in [-0.2, 0) is 12.7 Å². The predicted octanol–water partition coefficient (Wildman–Crippen LogP) is 4.63. The normalized spacial score (nSPS) is 11.3. The van der Waals surface area contributed by atoms with Gasteiger partial charge in [0.05, 0.1) is 12.7 Å². The molecule has 0 aliphatic heterocycles. The minimum Gasteiger partial charge on any atom is -0.496 e. The monoisotopic (exact) mass is 295 g/mol. The molecular formula is C16H16F3NO. The summed E-state index contributed by atoms with van der Waals surface area (Å²) in [4.78, 5) is 0. The maximum absolute atomic E-state index is 12.5. The van der Waals surface area contributed by atoms with E-state index in [4.69, 9.17) is 4.74 Å². The van der Waals surface area contributed by atoms with Crippen LogP contribution < -0.4 is 10.1 Å². The number of halogens is 3. The molecule has 2 nitrogen and oxygen atoms in total. The van der Waals surface area contributed by atoms with E-state index in [-0.39, 0.29) is 0 Å². The lowest BCUT2D eigenvalue weighted by Gasteiger charge is -2.12. The molecule has 0 unspecified atom stereocenters. The topological polar surface area (TPSA) is 21.3 Å². The van der Waals surface area contributed by atoms with Gasteiger partial charge in [-0.3, -0.25) is 0 Å². The molecule has 2 rings (SSSR count). The highest BCUT2D eigenvalue weighted by Crippen LogP contribution is 2.30. The van der Waals surface area contributed by atoms with Gasteiger partial charge in [-0.25, -0.2) is 0 Å². The van der Waals surface area contributed by atoms with Gasteiger partial charge in [-0.05, 0) is 37.3 Å². The average molecular weight is 295 g/mol. The van der Waals surface area contributed by atoms with Crippen LogP contribution in [0.4, 0.5) is 18.9 Å². The first-order valence-electron chi connectivity index (χ1n) is 6.45. The van der Waals surface area contributed by atoms with E-state index >= 15 is 0 Å². The Kier molecular flexibility index (Phi) is 4.40. The minimum absolute atomic E-state index is 0.482. The number of rotatable bonds is 4. The van der Waals surface area contributed by atoms with Gasteiger partial charge in [-0.1, -0.05) is 17.7 Å². The summed E-state index contributed by atoms with van der Waals surface area (Å²) in [6.07, 6.45) is -4.31. The molecule has 0 heterocycles. The molecule has 0 amide bonds. The summed E-state index contributed by atoms with van der Waals surface area (Å²) in [7, 11) is 1.59. The molecule has 5 heteroatoms. The number of aryl methyl sites for hydroxylation is 1. The second-order valence-electron chi connectivity index (χ2n) is 4.74. The molecule has 2 aromatic rings. The van der Waals surface area contributed by atoms with Crippen molar-refractivity contribution >= 4 is 5.69 Å². The number of hydrogen-bond acceptors (Lipinski definition) is 2. The van der Waals surface area contributed by atoms with E-state index in [1.807, 2.05) is 25.1 Å². The lowest BCUT2D eigenvalue weighted by atomic mass is 10.1. The SMILES string of the molecule is COc1ccc(C)cc1CNc1ccc(C(F)(F)F)cc1. The van der Waals surface area contributed by atoms with E-state index in [0.29, 0.717) is 12.2 Å². The van der Waals surface area contributed by atoms with Crippen LogP contribution in [0.2, 0.25) is 0 Å². The Balaban J connectivity index is 2.08. The highest BCUT2D eigenvalue weighted by Gasteiger charge is 2.29. The Labute approximate surface area is 121 Å². The first-order valence-corrected chi connectivity index (χ1v) is 6.45. The van der Waals surface area contributed by atoms with Gasteiger partial charge < -0.3 is 10.1 Å². The Morgan fingerprint density at radius 3 is 2.29 bits per heavy atom. The first-order chi connectivity index (χ1) is 9.90. The number of methoxy groups -OCH3 is 1. The number of benzene rings is 2. The van der Waals surface area contributed by atoms with E-state index in [1.54, 1.807) is 7.11 Å². The van der Waals surface area contributed by atoms with Crippen molar-refractivity contribution in [1.82, 2.24) is 0 Å². The molecule has 0 bridgehead atoms. The molecule has 0 saturated heterocycles. The van der Waals surface area contributed by atoms with E-state index in [9.17, 15) is 13.2 Å². The number of ether oxygens (including phenoxy) is 1. The highest BCUT2D eigenvalue weighted by molar-refractivity contribution is 5.47. The lowest BCUT2D eigenvalue weighted by Crippen LogP contribution is -2.05. The zero-order valence-corrected chi connectivity index (χ0v) is 11.8. The summed E-state index contributed by atoms with van der Waals surface area (Å²) in [5, 5.41) is 3.09. The van der Waals surface area contributed by atoms with Crippen molar-refractivity contribution in [3.05, 3.63) is 59.2 Å². The van der Waals surface area contributed by atoms with Crippen molar-refractivity contribution < 1.29 is 17.9 Å². The van der Waals surface area contributed by atoms with Gasteiger partial charge in [0.25, 0.3) is 0 Å². The summed E-state index contributed by atoms with van der Waals surface area (Å²) in [6.45, 7) is 2.46. The van der Waals surface area contributed by atoms with E-state index in [1.165, 1.54) is 12.1 Å². The van der Waals surface area contributed by atoms with Crippen LogP contribution in [0.5, 0.6) is 5.75 Å². The van der Waals surface area contributed by atoms with Crippen LogP contribution in [0.3, 0.4) is 0 Å². The Hall–Kier alpha value is -2.17. The summed E-state index contributed by atoms with van der Waals surface area (Å²) in [5.41, 5.74) is 2.03. The zero-order valence-electron chi connectivity index (χ0n) is 11.8. The molecule has 0 aromatic heterocycles. The van der Waals surface area contributed by atoms with Crippen molar-refractivity contribution in [2.75, 3.05) is 12.4 Å². The molecule has 2 aromatic carbocycles. The third-order valence-corrected chi connectivity index (χ3v) is 3.13. The number of nitrogens with one attached hydrogen (secondary N) is 1. The van der Waals surface area contributed by atoms with Gasteiger partial charge in [0.2, 0.25) is 0 Å². The summed E-state index contributed by atoms with van der Waals surface area (Å²) < 4.78 is 42.7. The van der Waals surface area contributed by atoms with Crippen LogP contribution in [0.25, 0.3) is 0 Å². The van der Waals surface area contributed by atoms with Crippen LogP contribution >= 0.6 is 0 Å². The van der Waals surface area contributed by atoms with Crippen molar-refractivity contribution in [2.45, 2.75) is 19.6 Å². The van der Waals surface area contributed by atoms with Gasteiger partial charge in [-0.2, -0.15) is 13.2 Å². The quantitative estimate of drug-likeness (QED) is 0.887. The summed E-state index contributed by atoms with van der Waals surface area (Å²) in [5.74, 6) is 0.750. The molecular weight excluding hydrogens is 279 g/mol. The minimum atomic E-state index is -4.31.